The fourth-order valence-corrected chi connectivity index (χ4v) is 0. The van der Waals surface area contributed by atoms with Crippen LogP contribution in [-0.4, -0.2) is 9.79 Å². The predicted molar refractivity (Wildman–Crippen MR) is 14.3 cm³/mol. The first-order valence-corrected chi connectivity index (χ1v) is 2.25. The van der Waals surface area contributed by atoms with E-state index in [1.807, 2.05) is 0 Å². The molecule has 0 atom stereocenters. The summed E-state index contributed by atoms with van der Waals surface area (Å²) in [6.07, 6.45) is 0. The molecule has 0 aliphatic heterocycles. The van der Waals surface area contributed by atoms with E-state index in [1.165, 1.54) is 0 Å². The second-order valence-corrected chi connectivity index (χ2v) is 1.42. The largest absolute Gasteiger partial charge is 1.00 e. The molecule has 0 aliphatic carbocycles. The zero-order chi connectivity index (χ0) is 4.50. The molecule has 0 spiro atoms. The summed E-state index contributed by atoms with van der Waals surface area (Å²) in [6.45, 7) is 0. The van der Waals surface area contributed by atoms with Crippen molar-refractivity contribution in [2.24, 2.45) is 0 Å². The van der Waals surface area contributed by atoms with Crippen LogP contribution >= 0.6 is 7.91 Å². The summed E-state index contributed by atoms with van der Waals surface area (Å²) in [6, 6.07) is 0. The summed E-state index contributed by atoms with van der Waals surface area (Å²) in [4.78, 5) is 13.9. The van der Waals surface area contributed by atoms with Crippen molar-refractivity contribution in [3.8, 4) is 0 Å². The van der Waals surface area contributed by atoms with Crippen molar-refractivity contribution in [1.29, 1.82) is 0 Å². The van der Waals surface area contributed by atoms with Gasteiger partial charge in [-0.25, -0.2) is 4.57 Å². The average Bonchev–Trinajstić information content (AvgIpc) is 0.722. The van der Waals surface area contributed by atoms with Gasteiger partial charge in [0.05, 0.1) is 0 Å². The summed E-state index contributed by atoms with van der Waals surface area (Å²) in [5.41, 5.74) is 0. The van der Waals surface area contributed by atoms with E-state index >= 15 is 0 Å². The Morgan fingerprint density at radius 2 is 1.67 bits per heavy atom. The molecule has 0 saturated carbocycles. The molecule has 6 heavy (non-hydrogen) atoms. The van der Waals surface area contributed by atoms with Crippen LogP contribution in [0.2, 0.25) is 0 Å². The Morgan fingerprint density at radius 1 is 1.67 bits per heavy atom. The molecule has 3 nitrogen and oxygen atoms in total. The molecule has 0 heterocycles. The van der Waals surface area contributed by atoms with E-state index in [0.717, 1.165) is 0 Å². The molecule has 0 fully saturated rings. The molecule has 0 aliphatic rings. The van der Waals surface area contributed by atoms with Gasteiger partial charge in [0.1, 0.15) is 0 Å². The van der Waals surface area contributed by atoms with E-state index in [-0.39, 0.29) is 31.0 Å². The Kier molecular flexibility index (Phi) is 5.29. The van der Waals surface area contributed by atoms with Crippen LogP contribution in [0.1, 0.15) is 1.43 Å². The summed E-state index contributed by atoms with van der Waals surface area (Å²) in [7, 11) is -5.14. The third-order valence-corrected chi connectivity index (χ3v) is 0. The van der Waals surface area contributed by atoms with Crippen LogP contribution in [-0.2, 0) is 4.57 Å². The standard InChI is InChI=1S/FH2O3P.Na.H/c1-5(2,3)4;;/h(H2,2,3,4);;/q;+1;-1. The molecule has 0 rings (SSSR count). The van der Waals surface area contributed by atoms with E-state index < -0.39 is 7.91 Å². The molecule has 2 N–H and O–H groups in total. The van der Waals surface area contributed by atoms with Crippen molar-refractivity contribution in [3.05, 3.63) is 0 Å². The molecule has 0 radical (unpaired) electrons. The van der Waals surface area contributed by atoms with Gasteiger partial charge in [0, 0.05) is 0 Å². The quantitative estimate of drug-likeness (QED) is 0.270. The minimum Gasteiger partial charge on any atom is -1.00 e. The monoisotopic (exact) mass is 124 g/mol. The van der Waals surface area contributed by atoms with Gasteiger partial charge in [0.2, 0.25) is 0 Å². The minimum atomic E-state index is -5.14. The first kappa shape index (κ1) is 10.1. The van der Waals surface area contributed by atoms with Crippen LogP contribution in [0.5, 0.6) is 0 Å². The fraction of sp³-hybridized carbons (Fsp3) is 0. The molecule has 6 heteroatoms. The van der Waals surface area contributed by atoms with Crippen molar-refractivity contribution >= 4 is 7.91 Å². The maximum Gasteiger partial charge on any atom is 1.00 e. The van der Waals surface area contributed by atoms with E-state index in [0.29, 0.717) is 0 Å². The van der Waals surface area contributed by atoms with Gasteiger partial charge in [-0.3, -0.25) is 9.79 Å². The first-order chi connectivity index (χ1) is 2.00. The Balaban J connectivity index is -0.0000000800. The van der Waals surface area contributed by atoms with Crippen LogP contribution in [0.25, 0.3) is 0 Å². The van der Waals surface area contributed by atoms with Gasteiger partial charge in [-0.2, -0.15) is 0 Å². The van der Waals surface area contributed by atoms with E-state index in [9.17, 15) is 4.20 Å². The molecule has 0 aromatic carbocycles. The Hall–Kier alpha value is 1.08. The maximum atomic E-state index is 10.4. The summed E-state index contributed by atoms with van der Waals surface area (Å²) in [5, 5.41) is 0. The smallest absolute Gasteiger partial charge is 1.00 e. The summed E-state index contributed by atoms with van der Waals surface area (Å²) < 4.78 is 19.0. The second-order valence-electron chi connectivity index (χ2n) is 0.473. The molecule has 0 amide bonds. The number of hydrogen-bond donors (Lipinski definition) is 2. The van der Waals surface area contributed by atoms with Crippen molar-refractivity contribution in [3.63, 3.8) is 0 Å². The van der Waals surface area contributed by atoms with Crippen molar-refractivity contribution in [2.45, 2.75) is 0 Å². The van der Waals surface area contributed by atoms with Gasteiger partial charge < -0.3 is 1.43 Å². The van der Waals surface area contributed by atoms with Crippen molar-refractivity contribution in [2.75, 3.05) is 0 Å². The third-order valence-electron chi connectivity index (χ3n) is 0. The molecular formula is H3FNaO3P. The van der Waals surface area contributed by atoms with E-state index in [4.69, 9.17) is 14.4 Å². The van der Waals surface area contributed by atoms with Crippen molar-refractivity contribution in [1.82, 2.24) is 0 Å². The molecule has 0 aromatic heterocycles. The Labute approximate surface area is 57.6 Å². The molecule has 0 bridgehead atoms. The zero-order valence-electron chi connectivity index (χ0n) is 4.13. The fourth-order valence-electron chi connectivity index (χ4n) is 0. The van der Waals surface area contributed by atoms with Crippen LogP contribution < -0.4 is 29.6 Å². The molecule has 0 unspecified atom stereocenters. The minimum absolute atomic E-state index is 0. The van der Waals surface area contributed by atoms with Crippen LogP contribution in [0.15, 0.2) is 0 Å². The van der Waals surface area contributed by atoms with Gasteiger partial charge >= 0.3 is 37.5 Å². The molecule has 0 aromatic rings. The third kappa shape index (κ3) is 72.5. The first-order valence-electron chi connectivity index (χ1n) is 0.752. The van der Waals surface area contributed by atoms with E-state index in [1.54, 1.807) is 0 Å². The van der Waals surface area contributed by atoms with Gasteiger partial charge in [0.15, 0.2) is 0 Å². The van der Waals surface area contributed by atoms with Gasteiger partial charge in [0.25, 0.3) is 0 Å². The SMILES string of the molecule is O=P(O)(O)F.[H-].[Na+]. The molecular weight excluding hydrogens is 121 g/mol. The van der Waals surface area contributed by atoms with Crippen molar-refractivity contribution < 1.29 is 49.5 Å². The Bertz CT molecular complexity index is 61.1. The van der Waals surface area contributed by atoms with Crippen LogP contribution in [0.4, 0.5) is 4.20 Å². The molecule has 34 valence electrons. The zero-order valence-corrected chi connectivity index (χ0v) is 6.02. The predicted octanol–water partition coefficient (Wildman–Crippen LogP) is -2.83. The van der Waals surface area contributed by atoms with Gasteiger partial charge in [-0.05, 0) is 0 Å². The topological polar surface area (TPSA) is 57.5 Å². The number of hydrogen-bond acceptors (Lipinski definition) is 1. The summed E-state index contributed by atoms with van der Waals surface area (Å²) in [5.74, 6) is 0. The van der Waals surface area contributed by atoms with E-state index in [2.05, 4.69) is 0 Å². The van der Waals surface area contributed by atoms with Crippen LogP contribution in [0, 0.1) is 0 Å². The van der Waals surface area contributed by atoms with Gasteiger partial charge in [-0.1, -0.05) is 0 Å². The normalized spacial score (nSPS) is 9.83. The van der Waals surface area contributed by atoms with Gasteiger partial charge in [-0.15, -0.1) is 4.20 Å². The average molecular weight is 124 g/mol. The number of rotatable bonds is 0. The Morgan fingerprint density at radius 3 is 1.67 bits per heavy atom. The summed E-state index contributed by atoms with van der Waals surface area (Å²) >= 11 is 0. The number of halogens is 1. The van der Waals surface area contributed by atoms with Crippen LogP contribution in [0.3, 0.4) is 0 Å². The molecule has 0 saturated heterocycles. The second kappa shape index (κ2) is 3.13. The maximum absolute atomic E-state index is 10.4.